The van der Waals surface area contributed by atoms with Crippen LogP contribution < -0.4 is 0 Å². The van der Waals surface area contributed by atoms with E-state index < -0.39 is 6.10 Å². The standard InChI is InChI=1S/C66H114O6/c1-4-7-10-13-16-19-22-24-25-26-27-28-29-30-31-32-33-34-35-36-37-38-39-40-41-42-45-47-50-53-56-59-65(68)71-62-63(61-70-64(67)58-55-52-49-46-43-21-18-15-12-9-6-3)72-66(69)60-57-54-51-48-44-23-20-17-14-11-8-5-2/h7,10,15-20,24-25,27-28,30-31,63H,4-6,8-9,11-14,21-23,26,29,32-62H2,1-3H3/b10-7-,18-15-,19-16-,20-17-,25-24-,28-27-,31-30-. The van der Waals surface area contributed by atoms with Crippen LogP contribution in [0.4, 0.5) is 0 Å². The smallest absolute Gasteiger partial charge is 0.306 e. The maximum absolute atomic E-state index is 12.8. The quantitative estimate of drug-likeness (QED) is 0.0261. The van der Waals surface area contributed by atoms with Gasteiger partial charge in [0.25, 0.3) is 0 Å². The number of carbonyl (C=O) groups excluding carboxylic acids is 3. The fourth-order valence-electron chi connectivity index (χ4n) is 8.50. The van der Waals surface area contributed by atoms with Crippen molar-refractivity contribution in [1.29, 1.82) is 0 Å². The summed E-state index contributed by atoms with van der Waals surface area (Å²) in [5, 5.41) is 0. The Bertz CT molecular complexity index is 1380. The number of ether oxygens (including phenoxy) is 3. The maximum atomic E-state index is 12.8. The highest BCUT2D eigenvalue weighted by Gasteiger charge is 2.19. The van der Waals surface area contributed by atoms with Crippen LogP contribution in [-0.4, -0.2) is 37.2 Å². The van der Waals surface area contributed by atoms with Gasteiger partial charge in [0, 0.05) is 19.3 Å². The van der Waals surface area contributed by atoms with E-state index in [4.69, 9.17) is 14.2 Å². The molecule has 0 aromatic carbocycles. The van der Waals surface area contributed by atoms with Crippen LogP contribution in [0, 0.1) is 0 Å². The molecule has 6 nitrogen and oxygen atoms in total. The highest BCUT2D eigenvalue weighted by molar-refractivity contribution is 5.71. The average Bonchev–Trinajstić information content (AvgIpc) is 3.38. The molecule has 6 heteroatoms. The van der Waals surface area contributed by atoms with Crippen LogP contribution >= 0.6 is 0 Å². The summed E-state index contributed by atoms with van der Waals surface area (Å²) >= 11 is 0. The molecule has 1 unspecified atom stereocenters. The average molecular weight is 1000 g/mol. The lowest BCUT2D eigenvalue weighted by Crippen LogP contribution is -2.30. The molecule has 0 aliphatic carbocycles. The molecule has 0 aliphatic heterocycles. The summed E-state index contributed by atoms with van der Waals surface area (Å²) in [6.45, 7) is 6.46. The Balaban J connectivity index is 4.11. The van der Waals surface area contributed by atoms with Gasteiger partial charge in [0.2, 0.25) is 0 Å². The minimum atomic E-state index is -0.781. The summed E-state index contributed by atoms with van der Waals surface area (Å²) in [6, 6.07) is 0. The third-order valence-corrected chi connectivity index (χ3v) is 13.1. The fourth-order valence-corrected chi connectivity index (χ4v) is 8.50. The van der Waals surface area contributed by atoms with Gasteiger partial charge in [-0.15, -0.1) is 0 Å². The number of carbonyl (C=O) groups is 3. The van der Waals surface area contributed by atoms with E-state index in [1.54, 1.807) is 0 Å². The number of esters is 3. The number of rotatable bonds is 55. The maximum Gasteiger partial charge on any atom is 0.306 e. The minimum Gasteiger partial charge on any atom is -0.462 e. The Hall–Kier alpha value is -3.41. The van der Waals surface area contributed by atoms with Gasteiger partial charge in [-0.3, -0.25) is 14.4 Å². The highest BCUT2D eigenvalue weighted by atomic mass is 16.6. The van der Waals surface area contributed by atoms with Crippen molar-refractivity contribution in [2.45, 2.75) is 303 Å². The van der Waals surface area contributed by atoms with Crippen molar-refractivity contribution in [2.75, 3.05) is 13.2 Å². The summed E-state index contributed by atoms with van der Waals surface area (Å²) in [4.78, 5) is 38.1. The van der Waals surface area contributed by atoms with Crippen molar-refractivity contribution >= 4 is 17.9 Å². The van der Waals surface area contributed by atoms with Gasteiger partial charge in [0.15, 0.2) is 6.10 Å². The van der Waals surface area contributed by atoms with Crippen LogP contribution in [0.2, 0.25) is 0 Å². The Morgan fingerprint density at radius 2 is 0.556 bits per heavy atom. The van der Waals surface area contributed by atoms with E-state index in [0.29, 0.717) is 19.3 Å². The van der Waals surface area contributed by atoms with E-state index in [1.165, 1.54) is 148 Å². The lowest BCUT2D eigenvalue weighted by atomic mass is 10.0. The molecule has 0 amide bonds. The zero-order valence-electron chi connectivity index (χ0n) is 47.4. The SMILES string of the molecule is CC/C=C\C/C=C\C/C=C\C/C=C\C/C=C\CCCCCCCCCCCCCCCCCC(=O)OCC(COC(=O)CCCCCCC/C=C\CCCC)OC(=O)CCCCCCC/C=C\CCCCC. The minimum absolute atomic E-state index is 0.0802. The molecule has 0 aromatic heterocycles. The molecule has 0 rings (SSSR count). The molecular formula is C66H114O6. The Kier molecular flexibility index (Phi) is 57.3. The topological polar surface area (TPSA) is 78.9 Å². The predicted octanol–water partition coefficient (Wildman–Crippen LogP) is 20.7. The van der Waals surface area contributed by atoms with Crippen LogP contribution in [0.5, 0.6) is 0 Å². The van der Waals surface area contributed by atoms with Gasteiger partial charge >= 0.3 is 17.9 Å². The highest BCUT2D eigenvalue weighted by Crippen LogP contribution is 2.16. The Morgan fingerprint density at radius 1 is 0.292 bits per heavy atom. The zero-order valence-corrected chi connectivity index (χ0v) is 47.4. The van der Waals surface area contributed by atoms with E-state index in [2.05, 4.69) is 106 Å². The molecule has 72 heavy (non-hydrogen) atoms. The third-order valence-electron chi connectivity index (χ3n) is 13.1. The second-order valence-corrected chi connectivity index (χ2v) is 20.2. The van der Waals surface area contributed by atoms with Crippen molar-refractivity contribution in [2.24, 2.45) is 0 Å². The molecule has 0 radical (unpaired) electrons. The Labute approximate surface area is 445 Å². The third kappa shape index (κ3) is 57.5. The van der Waals surface area contributed by atoms with Crippen LogP contribution in [0.3, 0.4) is 0 Å². The molecule has 1 atom stereocenters. The van der Waals surface area contributed by atoms with E-state index in [0.717, 1.165) is 109 Å². The fraction of sp³-hybridized carbons (Fsp3) is 0.742. The van der Waals surface area contributed by atoms with Gasteiger partial charge in [-0.05, 0) is 109 Å². The molecule has 414 valence electrons. The number of hydrogen-bond donors (Lipinski definition) is 0. The molecule has 0 N–H and O–H groups in total. The first-order valence-corrected chi connectivity index (χ1v) is 30.6. The van der Waals surface area contributed by atoms with E-state index in [-0.39, 0.29) is 31.1 Å². The summed E-state index contributed by atoms with van der Waals surface area (Å²) < 4.78 is 16.8. The van der Waals surface area contributed by atoms with E-state index >= 15 is 0 Å². The van der Waals surface area contributed by atoms with Crippen LogP contribution in [0.25, 0.3) is 0 Å². The van der Waals surface area contributed by atoms with Gasteiger partial charge < -0.3 is 14.2 Å². The first-order chi connectivity index (χ1) is 35.5. The van der Waals surface area contributed by atoms with Crippen LogP contribution in [0.15, 0.2) is 85.1 Å². The first-order valence-electron chi connectivity index (χ1n) is 30.6. The first kappa shape index (κ1) is 68.6. The van der Waals surface area contributed by atoms with Crippen LogP contribution in [0.1, 0.15) is 297 Å². The second kappa shape index (κ2) is 60.1. The lowest BCUT2D eigenvalue weighted by molar-refractivity contribution is -0.167. The zero-order chi connectivity index (χ0) is 52.2. The summed E-state index contributed by atoms with van der Waals surface area (Å²) in [5.41, 5.74) is 0. The van der Waals surface area contributed by atoms with Crippen molar-refractivity contribution < 1.29 is 28.6 Å². The van der Waals surface area contributed by atoms with Crippen molar-refractivity contribution in [3.05, 3.63) is 85.1 Å². The van der Waals surface area contributed by atoms with E-state index in [1.807, 2.05) is 0 Å². The largest absolute Gasteiger partial charge is 0.462 e. The molecular weight excluding hydrogens is 889 g/mol. The normalized spacial score (nSPS) is 12.7. The van der Waals surface area contributed by atoms with Crippen molar-refractivity contribution in [3.8, 4) is 0 Å². The molecule has 0 saturated heterocycles. The number of unbranched alkanes of at least 4 members (excludes halogenated alkanes) is 30. The van der Waals surface area contributed by atoms with E-state index in [9.17, 15) is 14.4 Å². The molecule has 0 aliphatic rings. The van der Waals surface area contributed by atoms with Gasteiger partial charge in [-0.2, -0.15) is 0 Å². The van der Waals surface area contributed by atoms with Gasteiger partial charge in [-0.25, -0.2) is 0 Å². The molecule has 0 aromatic rings. The summed E-state index contributed by atoms with van der Waals surface area (Å²) in [6.07, 6.45) is 78.9. The predicted molar refractivity (Wildman–Crippen MR) is 311 cm³/mol. The number of allylic oxidation sites excluding steroid dienone is 14. The molecule has 0 saturated carbocycles. The Morgan fingerprint density at radius 3 is 0.903 bits per heavy atom. The number of hydrogen-bond acceptors (Lipinski definition) is 6. The molecule has 0 fully saturated rings. The van der Waals surface area contributed by atoms with Gasteiger partial charge in [0.05, 0.1) is 0 Å². The molecule has 0 heterocycles. The van der Waals surface area contributed by atoms with Gasteiger partial charge in [-0.1, -0.05) is 254 Å². The molecule has 0 spiro atoms. The second-order valence-electron chi connectivity index (χ2n) is 20.2. The summed E-state index contributed by atoms with van der Waals surface area (Å²) in [5.74, 6) is -0.893. The molecule has 0 bridgehead atoms. The lowest BCUT2D eigenvalue weighted by Gasteiger charge is -2.18. The van der Waals surface area contributed by atoms with Crippen molar-refractivity contribution in [3.63, 3.8) is 0 Å². The van der Waals surface area contributed by atoms with Crippen molar-refractivity contribution in [1.82, 2.24) is 0 Å². The van der Waals surface area contributed by atoms with Gasteiger partial charge in [0.1, 0.15) is 13.2 Å². The monoisotopic (exact) mass is 1000 g/mol. The van der Waals surface area contributed by atoms with Crippen LogP contribution in [-0.2, 0) is 28.6 Å². The summed E-state index contributed by atoms with van der Waals surface area (Å²) in [7, 11) is 0.